The van der Waals surface area contributed by atoms with Crippen LogP contribution in [0.1, 0.15) is 56.5 Å². The highest BCUT2D eigenvalue weighted by Gasteiger charge is 2.38. The maximum absolute atomic E-state index is 12.7. The first-order chi connectivity index (χ1) is 12.1. The lowest BCUT2D eigenvalue weighted by molar-refractivity contribution is 0.0873. The van der Waals surface area contributed by atoms with Crippen LogP contribution in [0.25, 0.3) is 0 Å². The number of carbonyl (C=O) groups is 1. The van der Waals surface area contributed by atoms with Crippen LogP contribution < -0.4 is 10.6 Å². The molecule has 1 aromatic heterocycles. The zero-order chi connectivity index (χ0) is 18.9. The minimum absolute atomic E-state index is 0.00602. The van der Waals surface area contributed by atoms with E-state index >= 15 is 0 Å². The summed E-state index contributed by atoms with van der Waals surface area (Å²) in [5.41, 5.74) is 1.54. The van der Waals surface area contributed by atoms with Crippen LogP contribution in [0.3, 0.4) is 0 Å². The van der Waals surface area contributed by atoms with Crippen LogP contribution in [0, 0.1) is 0 Å². The molecule has 140 valence electrons. The average molecular weight is 375 g/mol. The normalized spacial score (nSPS) is 19.3. The number of piperidine rings is 1. The standard InChI is InChI=1S/C20H27ClN4O/c1-19(2)9-16(10-20(3,4)24-19)23-18(26)15-11-22-25(13-15)12-14-7-5-6-8-17(14)21/h5-8,11,13,16,24H,9-10,12H2,1-4H3,(H,23,26). The van der Waals surface area contributed by atoms with Gasteiger partial charge in [0.25, 0.3) is 5.91 Å². The molecule has 1 aliphatic heterocycles. The molecule has 1 saturated heterocycles. The van der Waals surface area contributed by atoms with Crippen molar-refractivity contribution in [1.82, 2.24) is 20.4 Å². The second kappa shape index (κ2) is 7.05. The summed E-state index contributed by atoms with van der Waals surface area (Å²) >= 11 is 6.20. The van der Waals surface area contributed by atoms with Crippen molar-refractivity contribution in [2.24, 2.45) is 0 Å². The zero-order valence-electron chi connectivity index (χ0n) is 15.8. The molecular weight excluding hydrogens is 348 g/mol. The molecule has 26 heavy (non-hydrogen) atoms. The lowest BCUT2D eigenvalue weighted by Gasteiger charge is -2.46. The molecule has 0 bridgehead atoms. The number of benzene rings is 1. The number of halogens is 1. The maximum Gasteiger partial charge on any atom is 0.254 e. The van der Waals surface area contributed by atoms with Crippen molar-refractivity contribution < 1.29 is 4.79 Å². The largest absolute Gasteiger partial charge is 0.349 e. The van der Waals surface area contributed by atoms with E-state index in [9.17, 15) is 4.79 Å². The van der Waals surface area contributed by atoms with E-state index in [4.69, 9.17) is 11.6 Å². The molecule has 1 fully saturated rings. The van der Waals surface area contributed by atoms with Gasteiger partial charge in [0.05, 0.1) is 18.3 Å². The van der Waals surface area contributed by atoms with E-state index in [0.29, 0.717) is 17.1 Å². The van der Waals surface area contributed by atoms with E-state index in [1.807, 2.05) is 24.3 Å². The molecule has 2 heterocycles. The summed E-state index contributed by atoms with van der Waals surface area (Å²) in [7, 11) is 0. The molecule has 0 saturated carbocycles. The number of nitrogens with one attached hydrogen (secondary N) is 2. The van der Waals surface area contributed by atoms with Crippen molar-refractivity contribution in [2.45, 2.75) is 64.2 Å². The van der Waals surface area contributed by atoms with Gasteiger partial charge in [0.15, 0.2) is 0 Å². The van der Waals surface area contributed by atoms with Gasteiger partial charge < -0.3 is 10.6 Å². The third-order valence-corrected chi connectivity index (χ3v) is 5.08. The molecule has 1 aromatic carbocycles. The number of hydrogen-bond acceptors (Lipinski definition) is 3. The Labute approximate surface area is 160 Å². The van der Waals surface area contributed by atoms with Crippen LogP contribution in [-0.4, -0.2) is 32.8 Å². The van der Waals surface area contributed by atoms with Gasteiger partial charge in [-0.25, -0.2) is 0 Å². The lowest BCUT2D eigenvalue weighted by Crippen LogP contribution is -2.62. The molecule has 2 N–H and O–H groups in total. The lowest BCUT2D eigenvalue weighted by atomic mass is 9.79. The Kier molecular flexibility index (Phi) is 5.13. The van der Waals surface area contributed by atoms with E-state index in [1.54, 1.807) is 17.1 Å². The Morgan fingerprint density at radius 3 is 2.58 bits per heavy atom. The molecule has 5 nitrogen and oxygen atoms in total. The van der Waals surface area contributed by atoms with Gasteiger partial charge in [-0.3, -0.25) is 9.48 Å². The van der Waals surface area contributed by atoms with Gasteiger partial charge in [0.1, 0.15) is 0 Å². The summed E-state index contributed by atoms with van der Waals surface area (Å²) in [6.45, 7) is 9.24. The molecule has 2 aromatic rings. The SMILES string of the molecule is CC1(C)CC(NC(=O)c2cnn(Cc3ccccc3Cl)c2)CC(C)(C)N1. The summed E-state index contributed by atoms with van der Waals surface area (Å²) in [5.74, 6) is -0.0751. The molecule has 0 atom stereocenters. The van der Waals surface area contributed by atoms with E-state index in [1.165, 1.54) is 0 Å². The minimum atomic E-state index is -0.0751. The van der Waals surface area contributed by atoms with Crippen LogP contribution in [-0.2, 0) is 6.54 Å². The van der Waals surface area contributed by atoms with Crippen LogP contribution in [0.4, 0.5) is 0 Å². The van der Waals surface area contributed by atoms with Crippen molar-refractivity contribution in [2.75, 3.05) is 0 Å². The summed E-state index contributed by atoms with van der Waals surface area (Å²) in [4.78, 5) is 12.7. The van der Waals surface area contributed by atoms with Gasteiger partial charge >= 0.3 is 0 Å². The molecule has 1 aliphatic rings. The first kappa shape index (κ1) is 18.9. The van der Waals surface area contributed by atoms with E-state index in [0.717, 1.165) is 18.4 Å². The Morgan fingerprint density at radius 1 is 1.27 bits per heavy atom. The highest BCUT2D eigenvalue weighted by atomic mass is 35.5. The topological polar surface area (TPSA) is 59.0 Å². The smallest absolute Gasteiger partial charge is 0.254 e. The van der Waals surface area contributed by atoms with Crippen LogP contribution in [0.2, 0.25) is 5.02 Å². The van der Waals surface area contributed by atoms with E-state index in [2.05, 4.69) is 43.4 Å². The van der Waals surface area contributed by atoms with Gasteiger partial charge in [-0.15, -0.1) is 0 Å². The fraction of sp³-hybridized carbons (Fsp3) is 0.500. The number of hydrogen-bond donors (Lipinski definition) is 2. The average Bonchev–Trinajstić information content (AvgIpc) is 2.95. The molecular formula is C20H27ClN4O. The molecule has 0 spiro atoms. The Bertz CT molecular complexity index is 781. The van der Waals surface area contributed by atoms with Crippen LogP contribution >= 0.6 is 11.6 Å². The summed E-state index contributed by atoms with van der Waals surface area (Å²) < 4.78 is 1.74. The predicted molar refractivity (Wildman–Crippen MR) is 105 cm³/mol. The molecule has 0 unspecified atom stereocenters. The molecule has 1 amide bonds. The molecule has 0 radical (unpaired) electrons. The third kappa shape index (κ3) is 4.65. The maximum atomic E-state index is 12.7. The number of carbonyl (C=O) groups excluding carboxylic acids is 1. The predicted octanol–water partition coefficient (Wildman–Crippen LogP) is 3.62. The van der Waals surface area contributed by atoms with Gasteiger partial charge in [-0.2, -0.15) is 5.10 Å². The molecule has 0 aliphatic carbocycles. The minimum Gasteiger partial charge on any atom is -0.349 e. The first-order valence-electron chi connectivity index (χ1n) is 9.00. The fourth-order valence-electron chi connectivity index (χ4n) is 4.06. The summed E-state index contributed by atoms with van der Waals surface area (Å²) in [6, 6.07) is 7.80. The fourth-order valence-corrected chi connectivity index (χ4v) is 4.26. The van der Waals surface area contributed by atoms with E-state index in [-0.39, 0.29) is 23.0 Å². The van der Waals surface area contributed by atoms with E-state index < -0.39 is 0 Å². The highest BCUT2D eigenvalue weighted by Crippen LogP contribution is 2.28. The van der Waals surface area contributed by atoms with Gasteiger partial charge in [0.2, 0.25) is 0 Å². The number of nitrogens with zero attached hydrogens (tertiary/aromatic N) is 2. The summed E-state index contributed by atoms with van der Waals surface area (Å²) in [6.07, 6.45) is 5.19. The second-order valence-electron chi connectivity index (χ2n) is 8.49. The van der Waals surface area contributed by atoms with Gasteiger partial charge in [-0.05, 0) is 52.2 Å². The van der Waals surface area contributed by atoms with Crippen molar-refractivity contribution in [1.29, 1.82) is 0 Å². The highest BCUT2D eigenvalue weighted by molar-refractivity contribution is 6.31. The zero-order valence-corrected chi connectivity index (χ0v) is 16.6. The first-order valence-corrected chi connectivity index (χ1v) is 9.37. The summed E-state index contributed by atoms with van der Waals surface area (Å²) in [5, 5.41) is 11.8. The third-order valence-electron chi connectivity index (χ3n) is 4.71. The van der Waals surface area contributed by atoms with Crippen LogP contribution in [0.15, 0.2) is 36.7 Å². The van der Waals surface area contributed by atoms with Crippen molar-refractivity contribution >= 4 is 17.5 Å². The van der Waals surface area contributed by atoms with Crippen molar-refractivity contribution in [3.8, 4) is 0 Å². The van der Waals surface area contributed by atoms with Crippen molar-refractivity contribution in [3.63, 3.8) is 0 Å². The Morgan fingerprint density at radius 2 is 1.92 bits per heavy atom. The van der Waals surface area contributed by atoms with Gasteiger partial charge in [-0.1, -0.05) is 29.8 Å². The number of aromatic nitrogens is 2. The Balaban J connectivity index is 1.66. The Hall–Kier alpha value is -1.85. The molecule has 3 rings (SSSR count). The molecule has 6 heteroatoms. The number of rotatable bonds is 4. The van der Waals surface area contributed by atoms with Crippen molar-refractivity contribution in [3.05, 3.63) is 52.8 Å². The quantitative estimate of drug-likeness (QED) is 0.859. The second-order valence-corrected chi connectivity index (χ2v) is 8.90. The number of amides is 1. The monoisotopic (exact) mass is 374 g/mol. The van der Waals surface area contributed by atoms with Gasteiger partial charge in [0, 0.05) is 28.3 Å². The van der Waals surface area contributed by atoms with Crippen LogP contribution in [0.5, 0.6) is 0 Å².